The van der Waals surface area contributed by atoms with Crippen LogP contribution in [0.15, 0.2) is 22.6 Å². The fraction of sp³-hybridized carbons (Fsp3) is 0.300. The van der Waals surface area contributed by atoms with Crippen LogP contribution in [0.2, 0.25) is 5.02 Å². The molecule has 0 bridgehead atoms. The first-order valence-electron chi connectivity index (χ1n) is 4.39. The Balaban J connectivity index is 2.20. The van der Waals surface area contributed by atoms with Crippen molar-refractivity contribution in [1.82, 2.24) is 4.98 Å². The number of hydrogen-bond acceptors (Lipinski definition) is 2. The van der Waals surface area contributed by atoms with Crippen LogP contribution < -0.4 is 0 Å². The van der Waals surface area contributed by atoms with Gasteiger partial charge in [0, 0.05) is 10.9 Å². The Labute approximate surface area is 80.5 Å². The predicted octanol–water partition coefficient (Wildman–Crippen LogP) is 3.36. The van der Waals surface area contributed by atoms with Gasteiger partial charge in [0.1, 0.15) is 5.52 Å². The zero-order valence-electron chi connectivity index (χ0n) is 6.96. The van der Waals surface area contributed by atoms with E-state index in [0.29, 0.717) is 10.9 Å². The van der Waals surface area contributed by atoms with Crippen molar-refractivity contribution in [1.29, 1.82) is 0 Å². The Morgan fingerprint density at radius 3 is 3.00 bits per heavy atom. The number of oxazole rings is 1. The summed E-state index contributed by atoms with van der Waals surface area (Å²) in [4.78, 5) is 4.38. The summed E-state index contributed by atoms with van der Waals surface area (Å²) < 4.78 is 5.58. The fourth-order valence-corrected chi connectivity index (χ4v) is 1.59. The molecule has 0 spiro atoms. The highest BCUT2D eigenvalue weighted by Crippen LogP contribution is 2.40. The molecule has 3 rings (SSSR count). The molecule has 2 aromatic rings. The molecule has 0 aliphatic heterocycles. The van der Waals surface area contributed by atoms with E-state index >= 15 is 0 Å². The van der Waals surface area contributed by atoms with Crippen LogP contribution >= 0.6 is 11.6 Å². The third-order valence-corrected chi connectivity index (χ3v) is 2.53. The van der Waals surface area contributed by atoms with Crippen molar-refractivity contribution in [3.63, 3.8) is 0 Å². The summed E-state index contributed by atoms with van der Waals surface area (Å²) in [5.41, 5.74) is 1.71. The lowest BCUT2D eigenvalue weighted by atomic mass is 10.3. The summed E-state index contributed by atoms with van der Waals surface area (Å²) >= 11 is 5.84. The predicted molar refractivity (Wildman–Crippen MR) is 51.0 cm³/mol. The third-order valence-electron chi connectivity index (χ3n) is 2.29. The van der Waals surface area contributed by atoms with Crippen molar-refractivity contribution >= 4 is 22.7 Å². The maximum absolute atomic E-state index is 5.84. The molecule has 0 N–H and O–H groups in total. The van der Waals surface area contributed by atoms with Gasteiger partial charge in [-0.3, -0.25) is 0 Å². The molecule has 3 heteroatoms. The van der Waals surface area contributed by atoms with Crippen LogP contribution in [0.1, 0.15) is 24.7 Å². The normalized spacial score (nSPS) is 16.7. The number of hydrogen-bond donors (Lipinski definition) is 0. The molecular weight excluding hydrogens is 186 g/mol. The highest BCUT2D eigenvalue weighted by atomic mass is 35.5. The van der Waals surface area contributed by atoms with E-state index in [-0.39, 0.29) is 0 Å². The summed E-state index contributed by atoms with van der Waals surface area (Å²) in [6.07, 6.45) is 2.42. The van der Waals surface area contributed by atoms with Crippen molar-refractivity contribution in [3.05, 3.63) is 29.1 Å². The number of nitrogens with zero attached hydrogens (tertiary/aromatic N) is 1. The van der Waals surface area contributed by atoms with E-state index in [4.69, 9.17) is 16.0 Å². The molecule has 1 aromatic carbocycles. The summed E-state index contributed by atoms with van der Waals surface area (Å²) in [7, 11) is 0. The summed E-state index contributed by atoms with van der Waals surface area (Å²) in [5.74, 6) is 1.43. The molecule has 0 unspecified atom stereocenters. The maximum Gasteiger partial charge on any atom is 0.198 e. The zero-order valence-corrected chi connectivity index (χ0v) is 7.71. The van der Waals surface area contributed by atoms with E-state index in [1.54, 1.807) is 0 Å². The van der Waals surface area contributed by atoms with Gasteiger partial charge in [-0.2, -0.15) is 0 Å². The maximum atomic E-state index is 5.84. The van der Waals surface area contributed by atoms with E-state index in [2.05, 4.69) is 4.98 Å². The van der Waals surface area contributed by atoms with Crippen molar-refractivity contribution in [2.24, 2.45) is 0 Å². The molecule has 1 aliphatic carbocycles. The van der Waals surface area contributed by atoms with E-state index < -0.39 is 0 Å². The Morgan fingerprint density at radius 2 is 2.23 bits per heavy atom. The SMILES string of the molecule is Clc1ccc2oc(C3CC3)nc2c1. The minimum absolute atomic E-state index is 0.561. The summed E-state index contributed by atoms with van der Waals surface area (Å²) in [6, 6.07) is 5.54. The van der Waals surface area contributed by atoms with Gasteiger partial charge in [0.25, 0.3) is 0 Å². The lowest BCUT2D eigenvalue weighted by molar-refractivity contribution is 0.533. The van der Waals surface area contributed by atoms with Gasteiger partial charge < -0.3 is 4.42 Å². The van der Waals surface area contributed by atoms with Gasteiger partial charge in [-0.25, -0.2) is 4.98 Å². The number of benzene rings is 1. The summed E-state index contributed by atoms with van der Waals surface area (Å²) in [5, 5.41) is 0.711. The molecule has 13 heavy (non-hydrogen) atoms. The molecule has 1 aliphatic rings. The molecule has 1 aromatic heterocycles. The molecule has 1 saturated carbocycles. The molecule has 66 valence electrons. The molecular formula is C10H8ClNO. The smallest absolute Gasteiger partial charge is 0.198 e. The largest absolute Gasteiger partial charge is 0.440 e. The molecule has 1 heterocycles. The first kappa shape index (κ1) is 7.39. The Hall–Kier alpha value is -1.02. The van der Waals surface area contributed by atoms with Crippen molar-refractivity contribution in [2.75, 3.05) is 0 Å². The van der Waals surface area contributed by atoms with Gasteiger partial charge in [-0.05, 0) is 31.0 Å². The lowest BCUT2D eigenvalue weighted by Gasteiger charge is -1.85. The first-order chi connectivity index (χ1) is 6.33. The van der Waals surface area contributed by atoms with Crippen molar-refractivity contribution in [3.8, 4) is 0 Å². The van der Waals surface area contributed by atoms with E-state index in [1.807, 2.05) is 18.2 Å². The van der Waals surface area contributed by atoms with Crippen molar-refractivity contribution in [2.45, 2.75) is 18.8 Å². The van der Waals surface area contributed by atoms with Crippen molar-refractivity contribution < 1.29 is 4.42 Å². The molecule has 1 fully saturated rings. The van der Waals surface area contributed by atoms with Crippen LogP contribution in [0.3, 0.4) is 0 Å². The van der Waals surface area contributed by atoms with Gasteiger partial charge >= 0.3 is 0 Å². The monoisotopic (exact) mass is 193 g/mol. The molecule has 0 saturated heterocycles. The lowest BCUT2D eigenvalue weighted by Crippen LogP contribution is -1.74. The molecule has 2 nitrogen and oxygen atoms in total. The Bertz CT molecular complexity index is 459. The van der Waals surface area contributed by atoms with Gasteiger partial charge in [0.2, 0.25) is 0 Å². The second kappa shape index (κ2) is 2.48. The van der Waals surface area contributed by atoms with E-state index in [9.17, 15) is 0 Å². The average Bonchev–Trinajstić information content (AvgIpc) is 2.87. The van der Waals surface area contributed by atoms with Gasteiger partial charge in [-0.15, -0.1) is 0 Å². The number of halogens is 1. The van der Waals surface area contributed by atoms with Crippen LogP contribution in [0.25, 0.3) is 11.1 Å². The quantitative estimate of drug-likeness (QED) is 0.694. The topological polar surface area (TPSA) is 26.0 Å². The average molecular weight is 194 g/mol. The third kappa shape index (κ3) is 1.22. The second-order valence-corrected chi connectivity index (χ2v) is 3.87. The first-order valence-corrected chi connectivity index (χ1v) is 4.77. The molecule has 0 atom stereocenters. The summed E-state index contributed by atoms with van der Waals surface area (Å²) in [6.45, 7) is 0. The Kier molecular flexibility index (Phi) is 1.41. The highest BCUT2D eigenvalue weighted by Gasteiger charge is 2.28. The van der Waals surface area contributed by atoms with E-state index in [0.717, 1.165) is 17.0 Å². The fourth-order valence-electron chi connectivity index (χ4n) is 1.42. The zero-order chi connectivity index (χ0) is 8.84. The van der Waals surface area contributed by atoms with Crippen LogP contribution in [-0.2, 0) is 0 Å². The number of rotatable bonds is 1. The second-order valence-electron chi connectivity index (χ2n) is 3.44. The van der Waals surface area contributed by atoms with Crippen LogP contribution in [0.5, 0.6) is 0 Å². The molecule has 0 radical (unpaired) electrons. The minimum atomic E-state index is 0.561. The van der Waals surface area contributed by atoms with Gasteiger partial charge in [-0.1, -0.05) is 11.6 Å². The standard InChI is InChI=1S/C10H8ClNO/c11-7-3-4-9-8(5-7)12-10(13-9)6-1-2-6/h3-6H,1-2H2. The highest BCUT2D eigenvalue weighted by molar-refractivity contribution is 6.31. The van der Waals surface area contributed by atoms with E-state index in [1.165, 1.54) is 12.8 Å². The number of aromatic nitrogens is 1. The Morgan fingerprint density at radius 1 is 1.38 bits per heavy atom. The van der Waals surface area contributed by atoms with Crippen LogP contribution in [0, 0.1) is 0 Å². The number of fused-ring (bicyclic) bond motifs is 1. The van der Waals surface area contributed by atoms with Gasteiger partial charge in [0.15, 0.2) is 11.5 Å². The van der Waals surface area contributed by atoms with Gasteiger partial charge in [0.05, 0.1) is 0 Å². The van der Waals surface area contributed by atoms with Crippen LogP contribution in [0.4, 0.5) is 0 Å². The van der Waals surface area contributed by atoms with Crippen LogP contribution in [-0.4, -0.2) is 4.98 Å². The minimum Gasteiger partial charge on any atom is -0.440 e. The molecule has 0 amide bonds.